The van der Waals surface area contributed by atoms with Gasteiger partial charge in [-0.2, -0.15) is 0 Å². The van der Waals surface area contributed by atoms with Gasteiger partial charge in [-0.15, -0.1) is 0 Å². The van der Waals surface area contributed by atoms with Crippen molar-refractivity contribution in [2.24, 2.45) is 0 Å². The molecule has 0 aliphatic heterocycles. The van der Waals surface area contributed by atoms with Crippen molar-refractivity contribution >= 4 is 17.4 Å². The van der Waals surface area contributed by atoms with Crippen molar-refractivity contribution in [1.29, 1.82) is 0 Å². The van der Waals surface area contributed by atoms with Gasteiger partial charge in [0.2, 0.25) is 5.91 Å². The van der Waals surface area contributed by atoms with E-state index in [1.807, 2.05) is 6.07 Å². The zero-order valence-electron chi connectivity index (χ0n) is 13.0. The molecule has 2 N–H and O–H groups in total. The Kier molecular flexibility index (Phi) is 4.75. The molecule has 2 aromatic rings. The maximum atomic E-state index is 13.5. The maximum Gasteiger partial charge on any atom is 0.230 e. The number of carbonyl (C=O) groups excluding carboxylic acids is 1. The molecule has 0 saturated carbocycles. The Labute approximate surface area is 129 Å². The fourth-order valence-corrected chi connectivity index (χ4v) is 1.98. The van der Waals surface area contributed by atoms with Gasteiger partial charge < -0.3 is 10.6 Å². The number of nitrogens with one attached hydrogen (secondary N) is 2. The van der Waals surface area contributed by atoms with E-state index in [0.717, 1.165) is 5.69 Å². The van der Waals surface area contributed by atoms with E-state index in [-0.39, 0.29) is 23.7 Å². The van der Waals surface area contributed by atoms with Crippen molar-refractivity contribution in [2.75, 3.05) is 10.6 Å². The first kappa shape index (κ1) is 15.9. The predicted molar refractivity (Wildman–Crippen MR) is 86.3 cm³/mol. The second-order valence-corrected chi connectivity index (χ2v) is 6.12. The smallest absolute Gasteiger partial charge is 0.230 e. The van der Waals surface area contributed by atoms with Gasteiger partial charge in [0, 0.05) is 5.54 Å². The van der Waals surface area contributed by atoms with Crippen LogP contribution in [0.25, 0.3) is 0 Å². The van der Waals surface area contributed by atoms with E-state index in [0.29, 0.717) is 11.4 Å². The van der Waals surface area contributed by atoms with Crippen LogP contribution < -0.4 is 10.6 Å². The van der Waals surface area contributed by atoms with Gasteiger partial charge in [-0.25, -0.2) is 9.37 Å². The Bertz CT molecular complexity index is 648. The lowest BCUT2D eigenvalue weighted by atomic mass is 10.1. The van der Waals surface area contributed by atoms with E-state index in [2.05, 4.69) is 36.4 Å². The number of hydrogen-bond donors (Lipinski definition) is 2. The molecular weight excluding hydrogens is 281 g/mol. The summed E-state index contributed by atoms with van der Waals surface area (Å²) < 4.78 is 13.5. The number of aromatic nitrogens is 1. The summed E-state index contributed by atoms with van der Waals surface area (Å²) in [5.41, 5.74) is 1.18. The van der Waals surface area contributed by atoms with E-state index >= 15 is 0 Å². The minimum absolute atomic E-state index is 0.0175. The molecule has 1 amide bonds. The van der Waals surface area contributed by atoms with Crippen molar-refractivity contribution in [3.05, 3.63) is 54.0 Å². The molecule has 1 aromatic heterocycles. The van der Waals surface area contributed by atoms with Crippen molar-refractivity contribution in [1.82, 2.24) is 4.98 Å². The lowest BCUT2D eigenvalue weighted by Crippen LogP contribution is -2.26. The number of pyridine rings is 1. The topological polar surface area (TPSA) is 54.0 Å². The summed E-state index contributed by atoms with van der Waals surface area (Å²) in [5.74, 6) is -0.231. The third-order valence-electron chi connectivity index (χ3n) is 2.86. The molecule has 2 rings (SSSR count). The van der Waals surface area contributed by atoms with E-state index in [9.17, 15) is 9.18 Å². The Hall–Kier alpha value is -2.43. The molecule has 0 spiro atoms. The summed E-state index contributed by atoms with van der Waals surface area (Å²) in [5, 5.41) is 5.95. The number of benzene rings is 1. The molecule has 1 heterocycles. The van der Waals surface area contributed by atoms with Gasteiger partial charge in [0.15, 0.2) is 0 Å². The highest BCUT2D eigenvalue weighted by Crippen LogP contribution is 2.15. The van der Waals surface area contributed by atoms with E-state index in [1.54, 1.807) is 30.5 Å². The molecule has 0 aliphatic rings. The van der Waals surface area contributed by atoms with Gasteiger partial charge in [-0.3, -0.25) is 4.79 Å². The Balaban J connectivity index is 1.96. The molecule has 0 unspecified atom stereocenters. The highest BCUT2D eigenvalue weighted by molar-refractivity contribution is 5.91. The van der Waals surface area contributed by atoms with Crippen LogP contribution in [0.2, 0.25) is 0 Å². The molecule has 0 fully saturated rings. The van der Waals surface area contributed by atoms with Gasteiger partial charge >= 0.3 is 0 Å². The minimum Gasteiger partial charge on any atom is -0.379 e. The van der Waals surface area contributed by atoms with Crippen LogP contribution in [-0.2, 0) is 11.2 Å². The standard InChI is InChI=1S/C17H20FN3O/c1-17(2,3)21-13-8-9-15(19-11-13)20-16(22)10-12-6-4-5-7-14(12)18/h4-9,11,21H,10H2,1-3H3,(H,19,20,22). The first-order valence-electron chi connectivity index (χ1n) is 7.11. The molecule has 0 bridgehead atoms. The van der Waals surface area contributed by atoms with Crippen LogP contribution in [-0.4, -0.2) is 16.4 Å². The molecule has 4 nitrogen and oxygen atoms in total. The summed E-state index contributed by atoms with van der Waals surface area (Å²) >= 11 is 0. The van der Waals surface area contributed by atoms with Crippen LogP contribution in [0.3, 0.4) is 0 Å². The molecule has 0 radical (unpaired) electrons. The first-order valence-corrected chi connectivity index (χ1v) is 7.11. The zero-order chi connectivity index (χ0) is 16.2. The minimum atomic E-state index is -0.379. The summed E-state index contributed by atoms with van der Waals surface area (Å²) in [6.45, 7) is 6.16. The normalized spacial score (nSPS) is 11.1. The number of nitrogens with zero attached hydrogens (tertiary/aromatic N) is 1. The third-order valence-corrected chi connectivity index (χ3v) is 2.86. The lowest BCUT2D eigenvalue weighted by molar-refractivity contribution is -0.115. The second-order valence-electron chi connectivity index (χ2n) is 6.12. The number of carbonyl (C=O) groups is 1. The molecule has 22 heavy (non-hydrogen) atoms. The highest BCUT2D eigenvalue weighted by atomic mass is 19.1. The molecule has 5 heteroatoms. The fourth-order valence-electron chi connectivity index (χ4n) is 1.98. The third kappa shape index (κ3) is 4.84. The second kappa shape index (κ2) is 6.56. The highest BCUT2D eigenvalue weighted by Gasteiger charge is 2.11. The van der Waals surface area contributed by atoms with Crippen LogP contribution >= 0.6 is 0 Å². The summed E-state index contributed by atoms with van der Waals surface area (Å²) in [4.78, 5) is 16.1. The number of halogens is 1. The number of hydrogen-bond acceptors (Lipinski definition) is 3. The summed E-state index contributed by atoms with van der Waals surface area (Å²) in [6, 6.07) is 9.80. The summed E-state index contributed by atoms with van der Waals surface area (Å²) in [6.07, 6.45) is 1.64. The van der Waals surface area contributed by atoms with Crippen molar-refractivity contribution < 1.29 is 9.18 Å². The number of amides is 1. The molecule has 0 aliphatic carbocycles. The van der Waals surface area contributed by atoms with Crippen LogP contribution in [0.15, 0.2) is 42.6 Å². The quantitative estimate of drug-likeness (QED) is 0.907. The molecule has 1 aromatic carbocycles. The van der Waals surface area contributed by atoms with Gasteiger partial charge in [0.05, 0.1) is 18.3 Å². The van der Waals surface area contributed by atoms with Crippen molar-refractivity contribution in [3.8, 4) is 0 Å². The Morgan fingerprint density at radius 2 is 1.91 bits per heavy atom. The average Bonchev–Trinajstić information content (AvgIpc) is 2.42. The Morgan fingerprint density at radius 1 is 1.18 bits per heavy atom. The fraction of sp³-hybridized carbons (Fsp3) is 0.294. The number of rotatable bonds is 4. The number of anilines is 2. The van der Waals surface area contributed by atoms with Gasteiger partial charge in [0.1, 0.15) is 11.6 Å². The van der Waals surface area contributed by atoms with Crippen LogP contribution in [0, 0.1) is 5.82 Å². The average molecular weight is 301 g/mol. The van der Waals surface area contributed by atoms with Crippen molar-refractivity contribution in [2.45, 2.75) is 32.7 Å². The van der Waals surface area contributed by atoms with E-state index in [4.69, 9.17) is 0 Å². The van der Waals surface area contributed by atoms with E-state index < -0.39 is 0 Å². The first-order chi connectivity index (χ1) is 10.3. The molecule has 116 valence electrons. The SMILES string of the molecule is CC(C)(C)Nc1ccc(NC(=O)Cc2ccccc2F)nc1. The van der Waals surface area contributed by atoms with Crippen LogP contribution in [0.1, 0.15) is 26.3 Å². The zero-order valence-corrected chi connectivity index (χ0v) is 13.0. The summed E-state index contributed by atoms with van der Waals surface area (Å²) in [7, 11) is 0. The monoisotopic (exact) mass is 301 g/mol. The lowest BCUT2D eigenvalue weighted by Gasteiger charge is -2.21. The van der Waals surface area contributed by atoms with Crippen LogP contribution in [0.5, 0.6) is 0 Å². The van der Waals surface area contributed by atoms with Gasteiger partial charge in [-0.05, 0) is 44.5 Å². The molecular formula is C17H20FN3O. The van der Waals surface area contributed by atoms with Crippen LogP contribution in [0.4, 0.5) is 15.9 Å². The van der Waals surface area contributed by atoms with Crippen molar-refractivity contribution in [3.63, 3.8) is 0 Å². The predicted octanol–water partition coefficient (Wildman–Crippen LogP) is 3.61. The van der Waals surface area contributed by atoms with Gasteiger partial charge in [-0.1, -0.05) is 18.2 Å². The largest absolute Gasteiger partial charge is 0.379 e. The van der Waals surface area contributed by atoms with E-state index in [1.165, 1.54) is 6.07 Å². The molecule has 0 atom stereocenters. The van der Waals surface area contributed by atoms with Gasteiger partial charge in [0.25, 0.3) is 0 Å². The Morgan fingerprint density at radius 3 is 2.50 bits per heavy atom. The molecule has 0 saturated heterocycles. The maximum absolute atomic E-state index is 13.5.